The summed E-state index contributed by atoms with van der Waals surface area (Å²) in [4.78, 5) is 12.9. The van der Waals surface area contributed by atoms with Crippen LogP contribution < -0.4 is 4.90 Å². The van der Waals surface area contributed by atoms with Crippen LogP contribution in [0.25, 0.3) is 33.4 Å². The zero-order valence-corrected chi connectivity index (χ0v) is 19.1. The van der Waals surface area contributed by atoms with Crippen LogP contribution >= 0.6 is 0 Å². The van der Waals surface area contributed by atoms with E-state index in [2.05, 4.69) is 35.0 Å². The van der Waals surface area contributed by atoms with Gasteiger partial charge >= 0.3 is 0 Å². The number of morpholine rings is 1. The number of aryl methyl sites for hydroxylation is 1. The molecule has 2 unspecified atom stereocenters. The second-order valence-corrected chi connectivity index (χ2v) is 9.49. The quantitative estimate of drug-likeness (QED) is 0.476. The Bertz CT molecular complexity index is 1240. The summed E-state index contributed by atoms with van der Waals surface area (Å²) < 4.78 is 17.5. The summed E-state index contributed by atoms with van der Waals surface area (Å²) in [5, 5.41) is 8.20. The number of rotatable bonds is 4. The molecule has 0 radical (unpaired) electrons. The molecule has 32 heavy (non-hydrogen) atoms. The third kappa shape index (κ3) is 3.74. The number of fused-ring (bicyclic) bond motifs is 1. The van der Waals surface area contributed by atoms with Crippen molar-refractivity contribution < 1.29 is 9.29 Å². The fraction of sp³-hybridized carbons (Fsp3) is 0.292. The SMILES string of the molecule is Cc1cnc(-c2ccn[nH]2)c2nc(N3CCOCC3C)cc(-c3ccc([S+](C)[O-])cc3)c12. The molecule has 1 aliphatic heterocycles. The minimum Gasteiger partial charge on any atom is -0.612 e. The Morgan fingerprint density at radius 3 is 2.72 bits per heavy atom. The van der Waals surface area contributed by atoms with Crippen molar-refractivity contribution >= 4 is 27.9 Å². The zero-order valence-electron chi connectivity index (χ0n) is 18.3. The first-order valence-corrected chi connectivity index (χ1v) is 12.2. The molecule has 164 valence electrons. The summed E-state index contributed by atoms with van der Waals surface area (Å²) in [5.74, 6) is 0.902. The van der Waals surface area contributed by atoms with Crippen LogP contribution in [0.3, 0.4) is 0 Å². The molecule has 7 nitrogen and oxygen atoms in total. The molecule has 5 rings (SSSR count). The Hall–Kier alpha value is -2.94. The molecule has 1 N–H and O–H groups in total. The summed E-state index contributed by atoms with van der Waals surface area (Å²) in [5.41, 5.74) is 5.63. The maximum Gasteiger partial charge on any atom is 0.152 e. The van der Waals surface area contributed by atoms with Gasteiger partial charge in [0.15, 0.2) is 4.90 Å². The van der Waals surface area contributed by atoms with E-state index in [1.54, 1.807) is 12.5 Å². The molecule has 1 aromatic carbocycles. The lowest BCUT2D eigenvalue weighted by atomic mass is 9.97. The molecule has 0 saturated carbocycles. The molecule has 4 heterocycles. The van der Waals surface area contributed by atoms with E-state index in [9.17, 15) is 4.55 Å². The second-order valence-electron chi connectivity index (χ2n) is 8.11. The fourth-order valence-corrected chi connectivity index (χ4v) is 4.76. The van der Waals surface area contributed by atoms with E-state index in [0.29, 0.717) is 13.2 Å². The van der Waals surface area contributed by atoms with Crippen molar-refractivity contribution in [2.24, 2.45) is 0 Å². The highest BCUT2D eigenvalue weighted by atomic mass is 32.2. The Morgan fingerprint density at radius 1 is 1.22 bits per heavy atom. The first kappa shape index (κ1) is 20.9. The lowest BCUT2D eigenvalue weighted by Crippen LogP contribution is -2.44. The van der Waals surface area contributed by atoms with Crippen molar-refractivity contribution in [3.05, 3.63) is 54.4 Å². The molecule has 3 aromatic heterocycles. The topological polar surface area (TPSA) is 90.0 Å². The van der Waals surface area contributed by atoms with Gasteiger partial charge in [-0.1, -0.05) is 0 Å². The summed E-state index contributed by atoms with van der Waals surface area (Å²) >= 11 is -1.02. The number of benzene rings is 1. The number of aromatic nitrogens is 4. The van der Waals surface area contributed by atoms with E-state index in [-0.39, 0.29) is 6.04 Å². The molecule has 1 saturated heterocycles. The van der Waals surface area contributed by atoms with Crippen molar-refractivity contribution in [2.75, 3.05) is 30.9 Å². The highest BCUT2D eigenvalue weighted by molar-refractivity contribution is 7.90. The Kier molecular flexibility index (Phi) is 5.58. The van der Waals surface area contributed by atoms with Gasteiger partial charge in [0.2, 0.25) is 0 Å². The number of pyridine rings is 2. The average molecular weight is 448 g/mol. The van der Waals surface area contributed by atoms with Gasteiger partial charge in [-0.15, -0.1) is 0 Å². The molecule has 0 bridgehead atoms. The van der Waals surface area contributed by atoms with Crippen molar-refractivity contribution in [1.82, 2.24) is 20.2 Å². The van der Waals surface area contributed by atoms with Crippen LogP contribution in [0.4, 0.5) is 5.82 Å². The summed E-state index contributed by atoms with van der Waals surface area (Å²) in [7, 11) is 0. The molecule has 0 spiro atoms. The number of H-pyrrole nitrogens is 1. The lowest BCUT2D eigenvalue weighted by molar-refractivity contribution is 0.0986. The minimum absolute atomic E-state index is 0.222. The first-order valence-electron chi connectivity index (χ1n) is 10.6. The number of hydrogen-bond donors (Lipinski definition) is 1. The van der Waals surface area contributed by atoms with E-state index in [1.807, 2.05) is 36.5 Å². The largest absolute Gasteiger partial charge is 0.612 e. The van der Waals surface area contributed by atoms with Crippen LogP contribution in [0.1, 0.15) is 12.5 Å². The van der Waals surface area contributed by atoms with Crippen LogP contribution in [-0.2, 0) is 15.9 Å². The van der Waals surface area contributed by atoms with E-state index >= 15 is 0 Å². The molecule has 2 atom stereocenters. The van der Waals surface area contributed by atoms with Gasteiger partial charge in [-0.25, -0.2) is 4.98 Å². The molecule has 1 fully saturated rings. The van der Waals surface area contributed by atoms with Crippen LogP contribution in [0.2, 0.25) is 0 Å². The number of nitrogens with zero attached hydrogens (tertiary/aromatic N) is 4. The third-order valence-corrected chi connectivity index (χ3v) is 6.86. The highest BCUT2D eigenvalue weighted by Crippen LogP contribution is 2.37. The van der Waals surface area contributed by atoms with E-state index in [1.165, 1.54) is 0 Å². The average Bonchev–Trinajstić information content (AvgIpc) is 3.34. The van der Waals surface area contributed by atoms with Crippen molar-refractivity contribution in [2.45, 2.75) is 24.8 Å². The Balaban J connectivity index is 1.78. The number of aromatic amines is 1. The molecule has 4 aromatic rings. The molecule has 0 amide bonds. The van der Waals surface area contributed by atoms with Crippen molar-refractivity contribution in [1.29, 1.82) is 0 Å². The van der Waals surface area contributed by atoms with Gasteiger partial charge in [-0.2, -0.15) is 5.10 Å². The summed E-state index contributed by atoms with van der Waals surface area (Å²) in [6.07, 6.45) is 5.30. The van der Waals surface area contributed by atoms with Crippen LogP contribution in [0.5, 0.6) is 0 Å². The van der Waals surface area contributed by atoms with Gasteiger partial charge < -0.3 is 14.2 Å². The molecule has 8 heteroatoms. The zero-order chi connectivity index (χ0) is 22.2. The van der Waals surface area contributed by atoms with Gasteiger partial charge in [0.25, 0.3) is 0 Å². The normalized spacial score (nSPS) is 17.6. The standard InChI is InChI=1S/C24H25N5O2S/c1-15-13-25-23(20-8-9-26-28-20)24-22(15)19(17-4-6-18(7-5-17)32(3)30)12-21(27-24)29-10-11-31-14-16(29)2/h4-9,12-13,16H,10-11,14H2,1-3H3,(H,26,28). The maximum absolute atomic E-state index is 11.9. The fourth-order valence-electron chi connectivity index (χ4n) is 4.24. The third-order valence-electron chi connectivity index (χ3n) is 5.93. The molecule has 0 aliphatic carbocycles. The number of nitrogens with one attached hydrogen (secondary N) is 1. The Morgan fingerprint density at radius 2 is 2.03 bits per heavy atom. The van der Waals surface area contributed by atoms with Crippen LogP contribution in [-0.4, -0.2) is 56.8 Å². The highest BCUT2D eigenvalue weighted by Gasteiger charge is 2.24. The summed E-state index contributed by atoms with van der Waals surface area (Å²) in [6.45, 7) is 6.34. The number of ether oxygens (including phenoxy) is 1. The van der Waals surface area contributed by atoms with Gasteiger partial charge in [-0.3, -0.25) is 10.1 Å². The lowest BCUT2D eigenvalue weighted by Gasteiger charge is -2.34. The minimum atomic E-state index is -1.02. The number of anilines is 1. The van der Waals surface area contributed by atoms with Crippen LogP contribution in [0, 0.1) is 6.92 Å². The Labute approximate surface area is 190 Å². The predicted octanol–water partition coefficient (Wildman–Crippen LogP) is 3.96. The van der Waals surface area contributed by atoms with Gasteiger partial charge in [0, 0.05) is 24.3 Å². The maximum atomic E-state index is 11.9. The first-order chi connectivity index (χ1) is 15.5. The summed E-state index contributed by atoms with van der Waals surface area (Å²) in [6, 6.07) is 12.2. The van der Waals surface area contributed by atoms with Crippen molar-refractivity contribution in [3.8, 4) is 22.5 Å². The molecule has 1 aliphatic rings. The monoisotopic (exact) mass is 447 g/mol. The van der Waals surface area contributed by atoms with Crippen molar-refractivity contribution in [3.63, 3.8) is 0 Å². The van der Waals surface area contributed by atoms with Crippen LogP contribution in [0.15, 0.2) is 53.7 Å². The van der Waals surface area contributed by atoms with Gasteiger partial charge in [0.05, 0.1) is 24.9 Å². The van der Waals surface area contributed by atoms with E-state index in [0.717, 1.165) is 56.2 Å². The van der Waals surface area contributed by atoms with Gasteiger partial charge in [-0.05, 0) is 78.1 Å². The molecular formula is C24H25N5O2S. The van der Waals surface area contributed by atoms with E-state index < -0.39 is 11.2 Å². The predicted molar refractivity (Wildman–Crippen MR) is 127 cm³/mol. The smallest absolute Gasteiger partial charge is 0.152 e. The van der Waals surface area contributed by atoms with E-state index in [4.69, 9.17) is 14.7 Å². The number of hydrogen-bond acceptors (Lipinski definition) is 6. The van der Waals surface area contributed by atoms with Gasteiger partial charge in [0.1, 0.15) is 23.3 Å². The second kappa shape index (κ2) is 8.54. The molecular weight excluding hydrogens is 422 g/mol.